The van der Waals surface area contributed by atoms with Gasteiger partial charge in [0.05, 0.1) is 6.61 Å². The number of ether oxygens (including phenoxy) is 1. The molecule has 0 aliphatic heterocycles. The normalized spacial score (nSPS) is 10.8. The highest BCUT2D eigenvalue weighted by molar-refractivity contribution is 5.75. The van der Waals surface area contributed by atoms with Crippen molar-refractivity contribution in [2.45, 2.75) is 39.5 Å². The van der Waals surface area contributed by atoms with Gasteiger partial charge in [-0.15, -0.1) is 0 Å². The fourth-order valence-electron chi connectivity index (χ4n) is 1.60. The molecule has 0 fully saturated rings. The van der Waals surface area contributed by atoms with Gasteiger partial charge in [-0.05, 0) is 43.9 Å². The van der Waals surface area contributed by atoms with Crippen LogP contribution in [-0.2, 0) is 11.2 Å². The van der Waals surface area contributed by atoms with E-state index < -0.39 is 0 Å². The first-order valence-electron chi connectivity index (χ1n) is 6.58. The Bertz CT molecular complexity index is 377. The average Bonchev–Trinajstić information content (AvgIpc) is 2.37. The number of hydrogen-bond donors (Lipinski definition) is 0. The first-order chi connectivity index (χ1) is 8.72. The second kappa shape index (κ2) is 8.51. The number of carbonyl (C=O) groups excluding carboxylic acids is 1. The lowest BCUT2D eigenvalue weighted by atomic mass is 10.1. The molecule has 1 aromatic carbocycles. The number of rotatable bonds is 8. The lowest BCUT2D eigenvalue weighted by Gasteiger charge is -2.05. The van der Waals surface area contributed by atoms with Crippen LogP contribution in [0.15, 0.2) is 36.4 Å². The monoisotopic (exact) mass is 246 g/mol. The van der Waals surface area contributed by atoms with Crippen molar-refractivity contribution in [2.24, 2.45) is 0 Å². The predicted molar refractivity (Wildman–Crippen MR) is 75.0 cm³/mol. The van der Waals surface area contributed by atoms with E-state index in [1.165, 1.54) is 5.56 Å². The lowest BCUT2D eigenvalue weighted by molar-refractivity contribution is -0.116. The molecule has 0 saturated carbocycles. The minimum atomic E-state index is 0.234. The van der Waals surface area contributed by atoms with Crippen LogP contribution in [0.5, 0.6) is 5.75 Å². The van der Waals surface area contributed by atoms with Gasteiger partial charge in [0.2, 0.25) is 0 Å². The molecule has 0 heterocycles. The Morgan fingerprint density at radius 3 is 2.56 bits per heavy atom. The Labute approximate surface area is 110 Å². The number of allylic oxidation sites excluding steroid dienone is 1. The number of carbonyl (C=O) groups is 1. The van der Waals surface area contributed by atoms with Gasteiger partial charge >= 0.3 is 0 Å². The predicted octanol–water partition coefficient (Wildman–Crippen LogP) is 3.94. The molecule has 0 aromatic heterocycles. The van der Waals surface area contributed by atoms with Crippen molar-refractivity contribution < 1.29 is 9.53 Å². The van der Waals surface area contributed by atoms with Crippen LogP contribution in [-0.4, -0.2) is 12.4 Å². The molecule has 0 radical (unpaired) electrons. The summed E-state index contributed by atoms with van der Waals surface area (Å²) in [6, 6.07) is 8.00. The molecule has 98 valence electrons. The Balaban J connectivity index is 2.31. The number of benzene rings is 1. The topological polar surface area (TPSA) is 26.3 Å². The fourth-order valence-corrected chi connectivity index (χ4v) is 1.60. The first kappa shape index (κ1) is 14.5. The van der Waals surface area contributed by atoms with Gasteiger partial charge in [-0.1, -0.05) is 31.2 Å². The van der Waals surface area contributed by atoms with E-state index in [0.717, 1.165) is 25.0 Å². The van der Waals surface area contributed by atoms with Crippen LogP contribution in [0.1, 0.15) is 38.7 Å². The van der Waals surface area contributed by atoms with Gasteiger partial charge < -0.3 is 9.53 Å². The molecule has 1 aromatic rings. The third kappa shape index (κ3) is 6.24. The molecule has 2 heteroatoms. The molecule has 0 amide bonds. The Morgan fingerprint density at radius 2 is 1.94 bits per heavy atom. The molecule has 0 aliphatic carbocycles. The maximum absolute atomic E-state index is 10.9. The van der Waals surface area contributed by atoms with Crippen LogP contribution in [0.3, 0.4) is 0 Å². The number of hydrogen-bond acceptors (Lipinski definition) is 2. The van der Waals surface area contributed by atoms with Crippen LogP contribution < -0.4 is 4.74 Å². The molecule has 0 spiro atoms. The largest absolute Gasteiger partial charge is 0.493 e. The van der Waals surface area contributed by atoms with Crippen molar-refractivity contribution in [3.05, 3.63) is 42.0 Å². The van der Waals surface area contributed by atoms with E-state index in [1.807, 2.05) is 24.3 Å². The maximum Gasteiger partial charge on any atom is 0.130 e. The number of ketones is 1. The van der Waals surface area contributed by atoms with Crippen molar-refractivity contribution in [3.8, 4) is 5.75 Å². The summed E-state index contributed by atoms with van der Waals surface area (Å²) in [4.78, 5) is 10.9. The molecule has 1 rings (SSSR count). The minimum Gasteiger partial charge on any atom is -0.493 e. The first-order valence-corrected chi connectivity index (χ1v) is 6.58. The van der Waals surface area contributed by atoms with Gasteiger partial charge in [-0.3, -0.25) is 0 Å². The molecule has 18 heavy (non-hydrogen) atoms. The Morgan fingerprint density at radius 1 is 1.22 bits per heavy atom. The molecule has 0 saturated heterocycles. The summed E-state index contributed by atoms with van der Waals surface area (Å²) in [7, 11) is 0. The van der Waals surface area contributed by atoms with E-state index in [4.69, 9.17) is 4.74 Å². The van der Waals surface area contributed by atoms with Gasteiger partial charge in [0.1, 0.15) is 11.5 Å². The number of Topliss-reactive ketones (excluding diaryl/α,β-unsaturated/α-hetero) is 1. The van der Waals surface area contributed by atoms with Crippen LogP contribution in [0, 0.1) is 0 Å². The highest BCUT2D eigenvalue weighted by Crippen LogP contribution is 2.13. The summed E-state index contributed by atoms with van der Waals surface area (Å²) in [6.45, 7) is 4.46. The van der Waals surface area contributed by atoms with E-state index in [-0.39, 0.29) is 5.78 Å². The smallest absolute Gasteiger partial charge is 0.130 e. The van der Waals surface area contributed by atoms with Crippen LogP contribution in [0.25, 0.3) is 0 Å². The van der Waals surface area contributed by atoms with Gasteiger partial charge in [0.25, 0.3) is 0 Å². The van der Waals surface area contributed by atoms with Crippen molar-refractivity contribution in [2.75, 3.05) is 6.61 Å². The summed E-state index contributed by atoms with van der Waals surface area (Å²) in [5, 5.41) is 0. The van der Waals surface area contributed by atoms with Gasteiger partial charge in [-0.25, -0.2) is 0 Å². The van der Waals surface area contributed by atoms with E-state index >= 15 is 0 Å². The highest BCUT2D eigenvalue weighted by Gasteiger charge is 1.98. The van der Waals surface area contributed by atoms with Crippen molar-refractivity contribution >= 4 is 5.78 Å². The third-order valence-electron chi connectivity index (χ3n) is 2.64. The van der Waals surface area contributed by atoms with E-state index in [0.29, 0.717) is 13.0 Å². The zero-order valence-corrected chi connectivity index (χ0v) is 11.3. The van der Waals surface area contributed by atoms with Gasteiger partial charge in [0, 0.05) is 6.42 Å². The van der Waals surface area contributed by atoms with Crippen LogP contribution in [0.4, 0.5) is 0 Å². The van der Waals surface area contributed by atoms with Crippen LogP contribution >= 0.6 is 0 Å². The lowest BCUT2D eigenvalue weighted by Crippen LogP contribution is -1.97. The van der Waals surface area contributed by atoms with Crippen LogP contribution in [0.2, 0.25) is 0 Å². The molecule has 0 unspecified atom stereocenters. The molecule has 0 N–H and O–H groups in total. The number of aryl methyl sites for hydroxylation is 1. The summed E-state index contributed by atoms with van der Waals surface area (Å²) >= 11 is 0. The molecule has 0 bridgehead atoms. The van der Waals surface area contributed by atoms with Crippen molar-refractivity contribution in [1.82, 2.24) is 0 Å². The van der Waals surface area contributed by atoms with Gasteiger partial charge in [-0.2, -0.15) is 0 Å². The molecule has 0 aliphatic rings. The van der Waals surface area contributed by atoms with Gasteiger partial charge in [0.15, 0.2) is 0 Å². The Hall–Kier alpha value is -1.57. The molecular formula is C16H22O2. The molecule has 0 atom stereocenters. The Kier molecular flexibility index (Phi) is 6.85. The zero-order valence-electron chi connectivity index (χ0n) is 11.3. The quantitative estimate of drug-likeness (QED) is 0.513. The second-order valence-electron chi connectivity index (χ2n) is 4.36. The summed E-state index contributed by atoms with van der Waals surface area (Å²) in [5.74, 6) is 1.13. The zero-order chi connectivity index (χ0) is 13.2. The van der Waals surface area contributed by atoms with Crippen molar-refractivity contribution in [3.63, 3.8) is 0 Å². The molecule has 2 nitrogen and oxygen atoms in total. The summed E-state index contributed by atoms with van der Waals surface area (Å²) in [5.41, 5.74) is 1.18. The third-order valence-corrected chi connectivity index (χ3v) is 2.64. The molecular weight excluding hydrogens is 224 g/mol. The minimum absolute atomic E-state index is 0.234. The summed E-state index contributed by atoms with van der Waals surface area (Å²) in [6.07, 6.45) is 7.73. The average molecular weight is 246 g/mol. The van der Waals surface area contributed by atoms with Crippen molar-refractivity contribution in [1.29, 1.82) is 0 Å². The highest BCUT2D eigenvalue weighted by atomic mass is 16.5. The standard InChI is InChI=1S/C16H22O2/c1-3-4-5-6-13-18-16-11-9-15(10-12-16)8-7-14(2)17/h4-5,9-12H,3,6-8,13H2,1-2H3/b5-4+. The second-order valence-corrected chi connectivity index (χ2v) is 4.36. The maximum atomic E-state index is 10.9. The summed E-state index contributed by atoms with van der Waals surface area (Å²) < 4.78 is 5.61. The fraction of sp³-hybridized carbons (Fsp3) is 0.438. The van der Waals surface area contributed by atoms with E-state index in [9.17, 15) is 4.79 Å². The van der Waals surface area contributed by atoms with E-state index in [2.05, 4.69) is 19.1 Å². The van der Waals surface area contributed by atoms with E-state index in [1.54, 1.807) is 6.92 Å². The SMILES string of the molecule is CC/C=C/CCOc1ccc(CCC(C)=O)cc1.